The molecule has 3 aromatic rings. The summed E-state index contributed by atoms with van der Waals surface area (Å²) in [4.78, 5) is 18.7. The first-order valence-corrected chi connectivity index (χ1v) is 11.3. The number of hydrogen-bond acceptors (Lipinski definition) is 4. The molecule has 10 heteroatoms. The van der Waals surface area contributed by atoms with Gasteiger partial charge in [0, 0.05) is 16.1 Å². The van der Waals surface area contributed by atoms with E-state index in [0.717, 1.165) is 5.39 Å². The molecule has 0 aliphatic carbocycles. The fraction of sp³-hybridized carbons (Fsp3) is 0.0588. The summed E-state index contributed by atoms with van der Waals surface area (Å²) in [5, 5.41) is 1.36. The second-order valence-electron chi connectivity index (χ2n) is 5.88. The molecule has 0 saturated carbocycles. The van der Waals surface area contributed by atoms with E-state index in [-0.39, 0.29) is 21.3 Å². The van der Waals surface area contributed by atoms with Crippen LogP contribution in [-0.4, -0.2) is 24.5 Å². The Morgan fingerprint density at radius 1 is 1.04 bits per heavy atom. The van der Waals surface area contributed by atoms with Crippen LogP contribution in [0.2, 0.25) is 5.02 Å². The molecule has 0 amide bonds. The van der Waals surface area contributed by atoms with E-state index in [1.165, 1.54) is 24.3 Å². The number of fused-ring (bicyclic) bond motifs is 1. The van der Waals surface area contributed by atoms with E-state index in [9.17, 15) is 22.8 Å². The van der Waals surface area contributed by atoms with Gasteiger partial charge >= 0.3 is 7.60 Å². The minimum absolute atomic E-state index is 0.0997. The molecule has 0 bridgehead atoms. The smallest absolute Gasteiger partial charge is 0.345 e. The third kappa shape index (κ3) is 4.26. The van der Waals surface area contributed by atoms with Crippen molar-refractivity contribution < 1.29 is 22.8 Å². The highest BCUT2D eigenvalue weighted by Gasteiger charge is 2.32. The summed E-state index contributed by atoms with van der Waals surface area (Å²) in [6.45, 7) is 0. The van der Waals surface area contributed by atoms with Crippen LogP contribution in [0.3, 0.4) is 0 Å². The van der Waals surface area contributed by atoms with Crippen molar-refractivity contribution in [2.45, 2.75) is 4.90 Å². The van der Waals surface area contributed by atoms with Crippen LogP contribution in [0.4, 0.5) is 11.4 Å². The molecule has 0 aromatic heterocycles. The van der Waals surface area contributed by atoms with Crippen LogP contribution in [0.1, 0.15) is 0 Å². The highest BCUT2D eigenvalue weighted by Crippen LogP contribution is 2.41. The van der Waals surface area contributed by atoms with E-state index >= 15 is 0 Å². The number of sulfonamides is 1. The highest BCUT2D eigenvalue weighted by atomic mass is 35.5. The van der Waals surface area contributed by atoms with Crippen molar-refractivity contribution in [3.8, 4) is 0 Å². The van der Waals surface area contributed by atoms with Crippen LogP contribution in [0, 0.1) is 0 Å². The average molecular weight is 427 g/mol. The van der Waals surface area contributed by atoms with Crippen molar-refractivity contribution >= 4 is 51.4 Å². The molecule has 27 heavy (non-hydrogen) atoms. The van der Waals surface area contributed by atoms with Crippen LogP contribution in [0.25, 0.3) is 10.8 Å². The molecule has 0 saturated heterocycles. The first-order valence-electron chi connectivity index (χ1n) is 7.69. The maximum atomic E-state index is 13.2. The largest absolute Gasteiger partial charge is 0.399 e. The van der Waals surface area contributed by atoms with Gasteiger partial charge in [0.25, 0.3) is 10.0 Å². The summed E-state index contributed by atoms with van der Waals surface area (Å²) < 4.78 is 38.9. The van der Waals surface area contributed by atoms with Gasteiger partial charge in [-0.2, -0.15) is 0 Å². The molecule has 0 atom stereocenters. The second-order valence-corrected chi connectivity index (χ2v) is 9.79. The lowest BCUT2D eigenvalue weighted by atomic mass is 10.1. The third-order valence-corrected chi connectivity index (χ3v) is 6.63. The number of nitrogen functional groups attached to an aromatic ring is 1. The fourth-order valence-electron chi connectivity index (χ4n) is 2.74. The number of halogens is 1. The Kier molecular flexibility index (Phi) is 5.20. The summed E-state index contributed by atoms with van der Waals surface area (Å²) in [5.41, 5.74) is 5.96. The van der Waals surface area contributed by atoms with E-state index < -0.39 is 23.9 Å². The van der Waals surface area contributed by atoms with E-state index in [2.05, 4.69) is 0 Å². The normalized spacial score (nSPS) is 12.3. The van der Waals surface area contributed by atoms with Gasteiger partial charge in [0.1, 0.15) is 6.29 Å². The Morgan fingerprint density at radius 3 is 2.37 bits per heavy atom. The van der Waals surface area contributed by atoms with Crippen LogP contribution in [0.15, 0.2) is 65.6 Å². The zero-order chi connectivity index (χ0) is 19.8. The molecule has 0 radical (unpaired) electrons. The van der Waals surface area contributed by atoms with Crippen molar-refractivity contribution in [2.75, 3.05) is 16.3 Å². The summed E-state index contributed by atoms with van der Waals surface area (Å²) in [6.07, 6.45) is -1.02. The first kappa shape index (κ1) is 19.7. The van der Waals surface area contributed by atoms with E-state index in [4.69, 9.17) is 17.3 Å². The molecule has 0 fully saturated rings. The van der Waals surface area contributed by atoms with Crippen LogP contribution >= 0.6 is 19.2 Å². The maximum Gasteiger partial charge on any atom is 0.345 e. The highest BCUT2D eigenvalue weighted by molar-refractivity contribution is 7.93. The van der Waals surface area contributed by atoms with Crippen molar-refractivity contribution in [1.82, 2.24) is 0 Å². The van der Waals surface area contributed by atoms with Gasteiger partial charge in [0.2, 0.25) is 0 Å². The topological polar surface area (TPSA) is 121 Å². The predicted molar refractivity (Wildman–Crippen MR) is 106 cm³/mol. The molecule has 142 valence electrons. The Bertz CT molecular complexity index is 1140. The molecule has 0 spiro atoms. The van der Waals surface area contributed by atoms with E-state index in [1.807, 2.05) is 0 Å². The van der Waals surface area contributed by atoms with Gasteiger partial charge in [0.05, 0.1) is 10.6 Å². The predicted octanol–water partition coefficient (Wildman–Crippen LogP) is 3.41. The average Bonchev–Trinajstić information content (AvgIpc) is 2.57. The quantitative estimate of drug-likeness (QED) is 0.424. The van der Waals surface area contributed by atoms with Crippen molar-refractivity contribution in [3.05, 3.63) is 65.7 Å². The monoisotopic (exact) mass is 426 g/mol. The van der Waals surface area contributed by atoms with Gasteiger partial charge in [-0.25, -0.2) is 8.42 Å². The van der Waals surface area contributed by atoms with Crippen molar-refractivity contribution in [3.63, 3.8) is 0 Å². The number of nitrogens with zero attached hydrogens (tertiary/aromatic N) is 1. The zero-order valence-corrected chi connectivity index (χ0v) is 16.3. The molecule has 3 aromatic carbocycles. The Balaban J connectivity index is 2.26. The number of nitrogens with two attached hydrogens (primary N) is 1. The molecule has 4 N–H and O–H groups in total. The van der Waals surface area contributed by atoms with Crippen LogP contribution in [-0.2, 0) is 14.6 Å². The first-order chi connectivity index (χ1) is 12.6. The summed E-state index contributed by atoms with van der Waals surface area (Å²) in [6, 6.07) is 15.6. The van der Waals surface area contributed by atoms with Gasteiger partial charge in [-0.15, -0.1) is 0 Å². The minimum Gasteiger partial charge on any atom is -0.399 e. The molecule has 0 heterocycles. The van der Waals surface area contributed by atoms with E-state index in [0.29, 0.717) is 9.69 Å². The lowest BCUT2D eigenvalue weighted by Gasteiger charge is -2.26. The fourth-order valence-corrected chi connectivity index (χ4v) is 5.82. The second kappa shape index (κ2) is 7.14. The molecular formula is C17H16ClN2O5PS. The van der Waals surface area contributed by atoms with Crippen LogP contribution < -0.4 is 10.0 Å². The molecule has 0 aliphatic heterocycles. The number of anilines is 2. The van der Waals surface area contributed by atoms with Crippen molar-refractivity contribution in [1.29, 1.82) is 0 Å². The van der Waals surface area contributed by atoms with Gasteiger partial charge in [-0.3, -0.25) is 8.87 Å². The van der Waals surface area contributed by atoms with E-state index in [1.54, 1.807) is 36.4 Å². The molecule has 0 aliphatic rings. The SMILES string of the molecule is Nc1cc(Cl)cc(S(=O)(=O)N(CP(=O)(O)O)c2cccc3ccccc23)c1. The summed E-state index contributed by atoms with van der Waals surface area (Å²) >= 11 is 5.92. The minimum atomic E-state index is -4.72. The van der Waals surface area contributed by atoms with Gasteiger partial charge < -0.3 is 15.5 Å². The van der Waals surface area contributed by atoms with Gasteiger partial charge in [-0.1, -0.05) is 48.0 Å². The maximum absolute atomic E-state index is 13.2. The molecule has 7 nitrogen and oxygen atoms in total. The molecule has 0 unspecified atom stereocenters. The summed E-state index contributed by atoms with van der Waals surface area (Å²) in [5.74, 6) is 0. The molecule has 3 rings (SSSR count). The lowest BCUT2D eigenvalue weighted by molar-refractivity contribution is 0.373. The Labute approximate surface area is 161 Å². The van der Waals surface area contributed by atoms with Gasteiger partial charge in [-0.05, 0) is 29.7 Å². The number of rotatable bonds is 5. The lowest BCUT2D eigenvalue weighted by Crippen LogP contribution is -2.32. The standard InChI is InChI=1S/C17H16ClN2O5PS/c18-13-8-14(19)10-15(9-13)27(24,25)20(11-26(21,22)23)17-7-3-5-12-4-1-2-6-16(12)17/h1-10H,11,19H2,(H2,21,22,23). The zero-order valence-electron chi connectivity index (χ0n) is 13.9. The van der Waals surface area contributed by atoms with Crippen LogP contribution in [0.5, 0.6) is 0 Å². The Hall–Kier alpha value is -2.09. The van der Waals surface area contributed by atoms with Gasteiger partial charge in [0.15, 0.2) is 0 Å². The number of benzene rings is 3. The number of hydrogen-bond donors (Lipinski definition) is 3. The summed E-state index contributed by atoms with van der Waals surface area (Å²) in [7, 11) is -9.07. The Morgan fingerprint density at radius 2 is 1.70 bits per heavy atom. The van der Waals surface area contributed by atoms with Crippen molar-refractivity contribution in [2.24, 2.45) is 0 Å². The molecular weight excluding hydrogens is 411 g/mol. The third-order valence-electron chi connectivity index (χ3n) is 3.83.